The number of rotatable bonds is 4. The van der Waals surface area contributed by atoms with Gasteiger partial charge in [0.05, 0.1) is 4.90 Å². The van der Waals surface area contributed by atoms with Crippen LogP contribution < -0.4 is 5.32 Å². The highest BCUT2D eigenvalue weighted by molar-refractivity contribution is 7.89. The lowest BCUT2D eigenvalue weighted by Crippen LogP contribution is -2.43. The minimum absolute atomic E-state index is 0.143. The van der Waals surface area contributed by atoms with Gasteiger partial charge < -0.3 is 9.73 Å². The van der Waals surface area contributed by atoms with Crippen molar-refractivity contribution >= 4 is 26.9 Å². The molecule has 4 rings (SSSR count). The number of benzene rings is 1. The lowest BCUT2D eigenvalue weighted by molar-refractivity contribution is 0.0864. The molecule has 2 heterocycles. The van der Waals surface area contributed by atoms with E-state index in [4.69, 9.17) is 4.42 Å². The van der Waals surface area contributed by atoms with E-state index in [2.05, 4.69) is 19.2 Å². The van der Waals surface area contributed by atoms with Crippen molar-refractivity contribution in [3.05, 3.63) is 29.5 Å². The van der Waals surface area contributed by atoms with Gasteiger partial charge in [0, 0.05) is 30.1 Å². The largest absolute Gasteiger partial charge is 0.451 e. The van der Waals surface area contributed by atoms with Crippen LogP contribution in [0.2, 0.25) is 0 Å². The summed E-state index contributed by atoms with van der Waals surface area (Å²) < 4.78 is 33.1. The minimum atomic E-state index is -3.50. The Hall–Kier alpha value is -1.86. The molecule has 7 heteroatoms. The van der Waals surface area contributed by atoms with Crippen molar-refractivity contribution in [2.45, 2.75) is 63.8 Å². The van der Waals surface area contributed by atoms with Gasteiger partial charge in [0.1, 0.15) is 5.58 Å². The van der Waals surface area contributed by atoms with E-state index < -0.39 is 10.0 Å². The standard InChI is InChI=1S/C22H30N2O4S/c1-14-7-6-8-19(15(14)2)23-22(25)21-16(3)18-13-17(9-10-20(18)28-21)29(26,27)24-11-4-5-12-24/h9-10,13-15,19H,4-8,11-12H2,1-3H3,(H,23,25)/t14-,15-,19+/m0/s1. The Morgan fingerprint density at radius 3 is 2.59 bits per heavy atom. The predicted molar refractivity (Wildman–Crippen MR) is 112 cm³/mol. The monoisotopic (exact) mass is 418 g/mol. The fourth-order valence-electron chi connectivity index (χ4n) is 4.67. The summed E-state index contributed by atoms with van der Waals surface area (Å²) in [7, 11) is -3.50. The first-order valence-corrected chi connectivity index (χ1v) is 12.1. The molecular formula is C22H30N2O4S. The van der Waals surface area contributed by atoms with Crippen molar-refractivity contribution in [1.29, 1.82) is 0 Å². The van der Waals surface area contributed by atoms with Gasteiger partial charge >= 0.3 is 0 Å². The first kappa shape index (κ1) is 20.4. The van der Waals surface area contributed by atoms with Crippen LogP contribution in [0.15, 0.2) is 27.5 Å². The van der Waals surface area contributed by atoms with Gasteiger partial charge in [-0.1, -0.05) is 26.7 Å². The maximum Gasteiger partial charge on any atom is 0.287 e. The van der Waals surface area contributed by atoms with Gasteiger partial charge in [0.2, 0.25) is 10.0 Å². The maximum absolute atomic E-state index is 12.9. The zero-order chi connectivity index (χ0) is 20.8. The summed E-state index contributed by atoms with van der Waals surface area (Å²) in [5.41, 5.74) is 1.23. The molecule has 1 saturated heterocycles. The van der Waals surface area contributed by atoms with E-state index in [1.807, 2.05) is 6.92 Å². The molecular weight excluding hydrogens is 388 g/mol. The molecule has 1 amide bonds. The van der Waals surface area contributed by atoms with Gasteiger partial charge in [-0.05, 0) is 56.2 Å². The molecule has 158 valence electrons. The fraction of sp³-hybridized carbons (Fsp3) is 0.591. The molecule has 6 nitrogen and oxygen atoms in total. The number of hydrogen-bond acceptors (Lipinski definition) is 4. The van der Waals surface area contributed by atoms with Gasteiger partial charge in [-0.3, -0.25) is 4.79 Å². The van der Waals surface area contributed by atoms with Crippen LogP contribution in [0.4, 0.5) is 0 Å². The molecule has 1 N–H and O–H groups in total. The Kier molecular flexibility index (Phi) is 5.46. The lowest BCUT2D eigenvalue weighted by atomic mass is 9.78. The molecule has 2 aliphatic rings. The zero-order valence-electron chi connectivity index (χ0n) is 17.4. The number of furan rings is 1. The average molecular weight is 419 g/mol. The highest BCUT2D eigenvalue weighted by atomic mass is 32.2. The molecule has 0 radical (unpaired) electrons. The highest BCUT2D eigenvalue weighted by Crippen LogP contribution is 2.32. The van der Waals surface area contributed by atoms with Crippen LogP contribution in [0, 0.1) is 18.8 Å². The van der Waals surface area contributed by atoms with Crippen LogP contribution in [0.25, 0.3) is 11.0 Å². The summed E-state index contributed by atoms with van der Waals surface area (Å²) in [4.78, 5) is 13.2. The Balaban J connectivity index is 1.61. The number of carbonyl (C=O) groups is 1. The van der Waals surface area contributed by atoms with Gasteiger partial charge in [-0.25, -0.2) is 8.42 Å². The SMILES string of the molecule is Cc1c(C(=O)N[C@@H]2CCC[C@H](C)[C@@H]2C)oc2ccc(S(=O)(=O)N3CCCC3)cc12. The Morgan fingerprint density at radius 1 is 1.14 bits per heavy atom. The van der Waals surface area contributed by atoms with Gasteiger partial charge in [0.15, 0.2) is 5.76 Å². The van der Waals surface area contributed by atoms with Crippen LogP contribution in [0.5, 0.6) is 0 Å². The number of aryl methyl sites for hydroxylation is 1. The number of hydrogen-bond donors (Lipinski definition) is 1. The molecule has 29 heavy (non-hydrogen) atoms. The first-order valence-electron chi connectivity index (χ1n) is 10.6. The van der Waals surface area contributed by atoms with Crippen LogP contribution in [-0.2, 0) is 10.0 Å². The van der Waals surface area contributed by atoms with E-state index in [0.29, 0.717) is 41.5 Å². The summed E-state index contributed by atoms with van der Waals surface area (Å²) in [6.45, 7) is 7.38. The zero-order valence-corrected chi connectivity index (χ0v) is 18.2. The molecule has 2 aromatic rings. The van der Waals surface area contributed by atoms with Crippen molar-refractivity contribution in [2.75, 3.05) is 13.1 Å². The summed E-state index contributed by atoms with van der Waals surface area (Å²) in [6.07, 6.45) is 5.09. The summed E-state index contributed by atoms with van der Waals surface area (Å²) in [5.74, 6) is 1.08. The van der Waals surface area contributed by atoms with Crippen LogP contribution >= 0.6 is 0 Å². The topological polar surface area (TPSA) is 79.6 Å². The second kappa shape index (κ2) is 7.76. The molecule has 1 saturated carbocycles. The summed E-state index contributed by atoms with van der Waals surface area (Å²) in [6, 6.07) is 5.02. The molecule has 1 aliphatic carbocycles. The third-order valence-corrected chi connectivity index (χ3v) is 8.73. The first-order chi connectivity index (χ1) is 13.8. The van der Waals surface area contributed by atoms with Crippen LogP contribution in [-0.4, -0.2) is 37.8 Å². The van der Waals surface area contributed by atoms with Crippen molar-refractivity contribution in [1.82, 2.24) is 9.62 Å². The number of nitrogens with one attached hydrogen (secondary N) is 1. The van der Waals surface area contributed by atoms with E-state index in [1.54, 1.807) is 18.2 Å². The molecule has 0 spiro atoms. The van der Waals surface area contributed by atoms with E-state index in [9.17, 15) is 13.2 Å². The van der Waals surface area contributed by atoms with E-state index in [1.165, 1.54) is 10.7 Å². The van der Waals surface area contributed by atoms with Gasteiger partial charge in [-0.15, -0.1) is 0 Å². The predicted octanol–water partition coefficient (Wildman–Crippen LogP) is 4.08. The number of carbonyl (C=O) groups excluding carboxylic acids is 1. The molecule has 3 atom stereocenters. The molecule has 0 unspecified atom stereocenters. The van der Waals surface area contributed by atoms with Crippen molar-refractivity contribution in [2.24, 2.45) is 11.8 Å². The second-order valence-corrected chi connectivity index (χ2v) is 10.6. The van der Waals surface area contributed by atoms with E-state index >= 15 is 0 Å². The molecule has 0 bridgehead atoms. The van der Waals surface area contributed by atoms with Gasteiger partial charge in [-0.2, -0.15) is 4.31 Å². The lowest BCUT2D eigenvalue weighted by Gasteiger charge is -2.34. The Morgan fingerprint density at radius 2 is 1.86 bits per heavy atom. The van der Waals surface area contributed by atoms with Crippen LogP contribution in [0.3, 0.4) is 0 Å². The number of fused-ring (bicyclic) bond motifs is 1. The van der Waals surface area contributed by atoms with Crippen LogP contribution in [0.1, 0.15) is 62.1 Å². The second-order valence-electron chi connectivity index (χ2n) is 8.67. The summed E-state index contributed by atoms with van der Waals surface area (Å²) in [5, 5.41) is 3.83. The summed E-state index contributed by atoms with van der Waals surface area (Å²) >= 11 is 0. The third-order valence-electron chi connectivity index (χ3n) is 6.84. The highest BCUT2D eigenvalue weighted by Gasteiger charge is 2.31. The number of sulfonamides is 1. The number of amides is 1. The Bertz CT molecular complexity index is 1020. The molecule has 2 fully saturated rings. The smallest absolute Gasteiger partial charge is 0.287 e. The Labute approximate surface area is 172 Å². The average Bonchev–Trinajstić information content (AvgIpc) is 3.34. The maximum atomic E-state index is 12.9. The van der Waals surface area contributed by atoms with E-state index in [-0.39, 0.29) is 22.6 Å². The normalized spacial score (nSPS) is 26.1. The molecule has 1 aromatic carbocycles. The van der Waals surface area contributed by atoms with Crippen molar-refractivity contribution in [3.63, 3.8) is 0 Å². The van der Waals surface area contributed by atoms with Gasteiger partial charge in [0.25, 0.3) is 5.91 Å². The minimum Gasteiger partial charge on any atom is -0.451 e. The number of nitrogens with zero attached hydrogens (tertiary/aromatic N) is 1. The van der Waals surface area contributed by atoms with E-state index in [0.717, 1.165) is 25.7 Å². The molecule has 1 aliphatic heterocycles. The van der Waals surface area contributed by atoms with Crippen molar-refractivity contribution < 1.29 is 17.6 Å². The third kappa shape index (κ3) is 3.70. The fourth-order valence-corrected chi connectivity index (χ4v) is 6.22. The van der Waals surface area contributed by atoms with Crippen molar-refractivity contribution in [3.8, 4) is 0 Å². The quantitative estimate of drug-likeness (QED) is 0.811. The molecule has 1 aromatic heterocycles.